The normalized spacial score (nSPS) is 23.1. The summed E-state index contributed by atoms with van der Waals surface area (Å²) in [6, 6.07) is 20.1. The van der Waals surface area contributed by atoms with Gasteiger partial charge in [-0.25, -0.2) is 9.18 Å². The van der Waals surface area contributed by atoms with E-state index < -0.39 is 0 Å². The van der Waals surface area contributed by atoms with Crippen molar-refractivity contribution in [2.45, 2.75) is 31.9 Å². The van der Waals surface area contributed by atoms with Gasteiger partial charge in [0.15, 0.2) is 6.10 Å². The fourth-order valence-corrected chi connectivity index (χ4v) is 6.16. The van der Waals surface area contributed by atoms with E-state index in [1.165, 1.54) is 23.5 Å². The van der Waals surface area contributed by atoms with Gasteiger partial charge in [0.1, 0.15) is 23.1 Å². The second-order valence-electron chi connectivity index (χ2n) is 9.64. The molecule has 3 saturated heterocycles. The van der Waals surface area contributed by atoms with Gasteiger partial charge in [0.05, 0.1) is 32.8 Å². The van der Waals surface area contributed by atoms with Crippen molar-refractivity contribution in [3.63, 3.8) is 0 Å². The molecule has 0 radical (unpaired) electrons. The smallest absolute Gasteiger partial charge is 0.415 e. The largest absolute Gasteiger partial charge is 0.493 e. The Hall–Kier alpha value is -2.90. The van der Waals surface area contributed by atoms with E-state index in [-0.39, 0.29) is 24.6 Å². The topological polar surface area (TPSA) is 38.8 Å². The molecule has 0 N–H and O–H groups in total. The van der Waals surface area contributed by atoms with Crippen LogP contribution in [0.1, 0.15) is 24.8 Å². The number of amides is 1. The maximum absolute atomic E-state index is 13.8. The van der Waals surface area contributed by atoms with E-state index >= 15 is 0 Å². The van der Waals surface area contributed by atoms with E-state index in [1.54, 1.807) is 11.0 Å². The highest BCUT2D eigenvalue weighted by Crippen LogP contribution is 2.36. The third-order valence-electron chi connectivity index (χ3n) is 7.30. The Labute approximate surface area is 210 Å². The molecular weight excluding hydrogens is 463 g/mol. The Balaban J connectivity index is 1.21. The van der Waals surface area contributed by atoms with Gasteiger partial charge in [0, 0.05) is 25.2 Å². The number of para-hydroxylation sites is 1. The number of ether oxygens (including phenoxy) is 2. The van der Waals surface area contributed by atoms with Crippen LogP contribution in [0.25, 0.3) is 0 Å². The number of carbonyl (C=O) groups is 1. The zero-order valence-corrected chi connectivity index (χ0v) is 20.7. The first-order valence-electron chi connectivity index (χ1n) is 12.4. The summed E-state index contributed by atoms with van der Waals surface area (Å²) >= 11 is 1.48. The molecule has 3 aliphatic rings. The monoisotopic (exact) mass is 495 g/mol. The lowest BCUT2D eigenvalue weighted by Crippen LogP contribution is -2.65. The van der Waals surface area contributed by atoms with Gasteiger partial charge in [0.2, 0.25) is 0 Å². The summed E-state index contributed by atoms with van der Waals surface area (Å²) < 4.78 is 26.8. The van der Waals surface area contributed by atoms with Gasteiger partial charge in [-0.1, -0.05) is 30.3 Å². The molecule has 5 nitrogen and oxygen atoms in total. The Bertz CT molecular complexity index is 1100. The van der Waals surface area contributed by atoms with E-state index in [9.17, 15) is 9.18 Å². The number of hydrogen-bond donors (Lipinski definition) is 0. The quantitative estimate of drug-likeness (QED) is 0.266. The van der Waals surface area contributed by atoms with Crippen LogP contribution in [0.3, 0.4) is 0 Å². The molecule has 0 spiro atoms. The third kappa shape index (κ3) is 5.85. The van der Waals surface area contributed by atoms with Crippen LogP contribution in [0.5, 0.6) is 5.75 Å². The van der Waals surface area contributed by atoms with Gasteiger partial charge in [-0.3, -0.25) is 4.90 Å². The third-order valence-corrected chi connectivity index (χ3v) is 8.20. The number of quaternary nitrogens is 1. The highest BCUT2D eigenvalue weighted by molar-refractivity contribution is 7.14. The predicted octanol–water partition coefficient (Wildman–Crippen LogP) is 6.11. The average Bonchev–Trinajstić information content (AvgIpc) is 3.41. The summed E-state index contributed by atoms with van der Waals surface area (Å²) in [5, 5.41) is 2.75. The van der Waals surface area contributed by atoms with Crippen LogP contribution < -0.4 is 9.64 Å². The number of hydrogen-bond acceptors (Lipinski definition) is 4. The molecule has 0 unspecified atom stereocenters. The minimum Gasteiger partial charge on any atom is -0.493 e. The summed E-state index contributed by atoms with van der Waals surface area (Å²) in [6.07, 6.45) is 2.71. The van der Waals surface area contributed by atoms with Crippen molar-refractivity contribution in [2.24, 2.45) is 5.92 Å². The van der Waals surface area contributed by atoms with E-state index in [1.807, 2.05) is 53.9 Å². The Morgan fingerprint density at radius 3 is 2.63 bits per heavy atom. The number of carbonyl (C=O) groups excluding carboxylic acids is 1. The van der Waals surface area contributed by atoms with Crippen molar-refractivity contribution in [3.8, 4) is 5.75 Å². The first-order chi connectivity index (χ1) is 17.1. The lowest BCUT2D eigenvalue weighted by atomic mass is 9.83. The van der Waals surface area contributed by atoms with Crippen molar-refractivity contribution in [3.05, 3.63) is 83.5 Å². The van der Waals surface area contributed by atoms with Crippen LogP contribution in [-0.4, -0.2) is 49.5 Å². The summed E-state index contributed by atoms with van der Waals surface area (Å²) in [5.74, 6) is 1.02. The Kier molecular flexibility index (Phi) is 7.35. The highest BCUT2D eigenvalue weighted by atomic mass is 32.1. The number of thiophene rings is 1. The fourth-order valence-electron chi connectivity index (χ4n) is 5.44. The molecule has 7 heteroatoms. The second kappa shape index (κ2) is 10.8. The number of benzene rings is 2. The molecule has 3 aromatic rings. The van der Waals surface area contributed by atoms with Gasteiger partial charge in [-0.2, -0.15) is 0 Å². The first-order valence-corrected chi connectivity index (χ1v) is 13.3. The highest BCUT2D eigenvalue weighted by Gasteiger charge is 2.47. The maximum atomic E-state index is 13.8. The van der Waals surface area contributed by atoms with Gasteiger partial charge >= 0.3 is 6.09 Å². The fraction of sp³-hybridized carbons (Fsp3) is 0.393. The summed E-state index contributed by atoms with van der Waals surface area (Å²) in [7, 11) is 0. The molecule has 6 rings (SSSR count). The van der Waals surface area contributed by atoms with Crippen molar-refractivity contribution >= 4 is 22.4 Å². The van der Waals surface area contributed by atoms with Crippen molar-refractivity contribution in [2.75, 3.05) is 37.7 Å². The van der Waals surface area contributed by atoms with Gasteiger partial charge in [-0.05, 0) is 47.3 Å². The van der Waals surface area contributed by atoms with Crippen LogP contribution in [0.15, 0.2) is 72.1 Å². The lowest BCUT2D eigenvalue weighted by molar-refractivity contribution is -0.946. The Morgan fingerprint density at radius 1 is 1.06 bits per heavy atom. The van der Waals surface area contributed by atoms with Crippen LogP contribution in [0.2, 0.25) is 0 Å². The van der Waals surface area contributed by atoms with Crippen LogP contribution in [0.4, 0.5) is 14.2 Å². The molecule has 1 amide bonds. The summed E-state index contributed by atoms with van der Waals surface area (Å²) in [4.78, 5) is 15.0. The first kappa shape index (κ1) is 23.8. The number of fused-ring (bicyclic) bond motifs is 3. The standard InChI is InChI=1S/C28H32FN2O3S/c29-24-8-4-7-22(19-24)20-30(27-11-5-18-35-27)28(32)34-26-21-31(15-12-23(26)13-16-31)14-6-17-33-25-9-2-1-3-10-25/h1-5,7-11,18-19,23,26H,6,12-17,20-21H2/q+1/t23?,26-,31?/m0/s1. The molecule has 2 aromatic carbocycles. The van der Waals surface area contributed by atoms with Crippen molar-refractivity contribution < 1.29 is 23.1 Å². The van der Waals surface area contributed by atoms with Crippen molar-refractivity contribution in [1.82, 2.24) is 0 Å². The second-order valence-corrected chi connectivity index (χ2v) is 10.6. The summed E-state index contributed by atoms with van der Waals surface area (Å²) in [5.41, 5.74) is 0.742. The molecule has 184 valence electrons. The maximum Gasteiger partial charge on any atom is 0.415 e. The number of piperidine rings is 3. The molecule has 4 heterocycles. The molecule has 0 aliphatic carbocycles. The molecule has 2 bridgehead atoms. The molecule has 1 aromatic heterocycles. The average molecular weight is 496 g/mol. The van der Waals surface area contributed by atoms with Crippen LogP contribution in [-0.2, 0) is 11.3 Å². The van der Waals surface area contributed by atoms with Crippen molar-refractivity contribution in [1.29, 1.82) is 0 Å². The van der Waals surface area contributed by atoms with Gasteiger partial charge in [-0.15, -0.1) is 11.3 Å². The number of rotatable bonds is 9. The van der Waals surface area contributed by atoms with E-state index in [4.69, 9.17) is 9.47 Å². The van der Waals surface area contributed by atoms with Gasteiger partial charge < -0.3 is 14.0 Å². The van der Waals surface area contributed by atoms with E-state index in [2.05, 4.69) is 0 Å². The molecule has 0 saturated carbocycles. The molecule has 1 atom stereocenters. The minimum absolute atomic E-state index is 0.0880. The lowest BCUT2D eigenvalue weighted by Gasteiger charge is -2.52. The Morgan fingerprint density at radius 2 is 1.89 bits per heavy atom. The van der Waals surface area contributed by atoms with Crippen LogP contribution >= 0.6 is 11.3 Å². The van der Waals surface area contributed by atoms with Gasteiger partial charge in [0.25, 0.3) is 0 Å². The molecular formula is C28H32FN2O3S+. The number of anilines is 1. The molecule has 35 heavy (non-hydrogen) atoms. The minimum atomic E-state index is -0.346. The predicted molar refractivity (Wildman–Crippen MR) is 136 cm³/mol. The van der Waals surface area contributed by atoms with Crippen LogP contribution in [0, 0.1) is 11.7 Å². The van der Waals surface area contributed by atoms with E-state index in [0.717, 1.165) is 66.2 Å². The number of nitrogens with zero attached hydrogens (tertiary/aromatic N) is 2. The SMILES string of the molecule is O=C(O[C@H]1C[N+]2(CCCOc3ccccc3)CCC1CC2)N(Cc1cccc(F)c1)c1cccs1. The summed E-state index contributed by atoms with van der Waals surface area (Å²) in [6.45, 7) is 5.15. The zero-order valence-electron chi connectivity index (χ0n) is 19.9. The van der Waals surface area contributed by atoms with E-state index in [0.29, 0.717) is 12.5 Å². The molecule has 3 aliphatic heterocycles. The zero-order chi connectivity index (χ0) is 24.1. The molecule has 3 fully saturated rings. The number of halogens is 1.